The van der Waals surface area contributed by atoms with E-state index in [0.717, 1.165) is 0 Å². The predicted octanol–water partition coefficient (Wildman–Crippen LogP) is 1.83. The number of halogens is 1. The van der Waals surface area contributed by atoms with Gasteiger partial charge in [-0.15, -0.1) is 0 Å². The topological polar surface area (TPSA) is 160 Å². The van der Waals surface area contributed by atoms with E-state index in [1.807, 2.05) is 0 Å². The molecule has 2 aromatic rings. The van der Waals surface area contributed by atoms with Gasteiger partial charge >= 0.3 is 6.03 Å². The zero-order chi connectivity index (χ0) is 21.4. The lowest BCUT2D eigenvalue weighted by Crippen LogP contribution is -2.25. The summed E-state index contributed by atoms with van der Waals surface area (Å²) < 4.78 is 0. The van der Waals surface area contributed by atoms with Crippen LogP contribution < -0.4 is 27.4 Å². The molecule has 0 saturated carbocycles. The van der Waals surface area contributed by atoms with E-state index in [0.29, 0.717) is 11.3 Å². The number of phenolic OH excluding ortho intramolecular Hbond substituents is 1. The number of hydrogen-bond donors (Lipinski definition) is 6. The lowest BCUT2D eigenvalue weighted by Gasteiger charge is -2.08. The van der Waals surface area contributed by atoms with E-state index in [2.05, 4.69) is 16.0 Å². The molecule has 4 amide bonds. The zero-order valence-electron chi connectivity index (χ0n) is 15.2. The van der Waals surface area contributed by atoms with Gasteiger partial charge in [0.25, 0.3) is 11.8 Å². The Morgan fingerprint density at radius 2 is 1.69 bits per heavy atom. The zero-order valence-corrected chi connectivity index (χ0v) is 16.0. The van der Waals surface area contributed by atoms with Crippen LogP contribution in [0.4, 0.5) is 16.2 Å². The molecule has 0 aromatic heterocycles. The number of amides is 4. The van der Waals surface area contributed by atoms with Crippen LogP contribution in [0.5, 0.6) is 5.75 Å². The Labute approximate surface area is 171 Å². The lowest BCUT2D eigenvalue weighted by atomic mass is 10.1. The molecular weight excluding hydrogens is 398 g/mol. The van der Waals surface area contributed by atoms with Gasteiger partial charge in [0.05, 0.1) is 16.3 Å². The van der Waals surface area contributed by atoms with Crippen LogP contribution in [-0.4, -0.2) is 36.0 Å². The van der Waals surface area contributed by atoms with Crippen molar-refractivity contribution in [2.24, 2.45) is 5.73 Å². The average molecular weight is 418 g/mol. The maximum atomic E-state index is 12.1. The Balaban J connectivity index is 1.80. The molecule has 0 saturated heterocycles. The lowest BCUT2D eigenvalue weighted by molar-refractivity contribution is 0.0948. The van der Waals surface area contributed by atoms with Crippen LogP contribution in [0.3, 0.4) is 0 Å². The summed E-state index contributed by atoms with van der Waals surface area (Å²) >= 11 is 5.96. The molecule has 0 fully saturated rings. The summed E-state index contributed by atoms with van der Waals surface area (Å²) in [5, 5.41) is 17.2. The third kappa shape index (κ3) is 6.43. The molecule has 0 heterocycles. The number of carbonyl (C=O) groups excluding carboxylic acids is 3. The molecule has 0 aliphatic heterocycles. The third-order valence-corrected chi connectivity index (χ3v) is 4.07. The average Bonchev–Trinajstić information content (AvgIpc) is 2.66. The van der Waals surface area contributed by atoms with E-state index < -0.39 is 11.9 Å². The van der Waals surface area contributed by atoms with Crippen molar-refractivity contribution in [1.29, 1.82) is 0 Å². The first-order valence-electron chi connectivity index (χ1n) is 8.44. The number of nitrogen functional groups attached to an aromatic ring is 1. The Morgan fingerprint density at radius 3 is 2.34 bits per heavy atom. The van der Waals surface area contributed by atoms with Gasteiger partial charge in [-0.1, -0.05) is 29.8 Å². The van der Waals surface area contributed by atoms with Crippen LogP contribution >= 0.6 is 11.6 Å². The highest BCUT2D eigenvalue weighted by atomic mass is 35.5. The standard InChI is InChI=1S/C19H20ClN5O4/c20-16-14(9-13(26)10-15(16)21)18(28)24-7-2-1-6-23-17(27)11-4-3-5-12(8-11)25-19(22)29/h1-5,8-10,26H,6-7,21H2,(H,23,27)(H,24,28)(H3,22,25,29)/b2-1+. The number of urea groups is 1. The maximum absolute atomic E-state index is 12.1. The summed E-state index contributed by atoms with van der Waals surface area (Å²) in [6, 6.07) is 8.06. The highest BCUT2D eigenvalue weighted by Gasteiger charge is 2.13. The minimum Gasteiger partial charge on any atom is -0.508 e. The molecule has 0 bridgehead atoms. The molecule has 0 aliphatic carbocycles. The van der Waals surface area contributed by atoms with Gasteiger partial charge < -0.3 is 32.5 Å². The number of anilines is 2. The van der Waals surface area contributed by atoms with E-state index in [1.165, 1.54) is 18.2 Å². The van der Waals surface area contributed by atoms with Crippen LogP contribution in [0.15, 0.2) is 48.6 Å². The minimum absolute atomic E-state index is 0.0598. The molecule has 0 aliphatic rings. The Morgan fingerprint density at radius 1 is 1.03 bits per heavy atom. The molecule has 0 spiro atoms. The number of carbonyl (C=O) groups is 3. The van der Waals surface area contributed by atoms with E-state index >= 15 is 0 Å². The largest absolute Gasteiger partial charge is 0.508 e. The molecule has 8 N–H and O–H groups in total. The van der Waals surface area contributed by atoms with Crippen molar-refractivity contribution in [2.75, 3.05) is 24.1 Å². The van der Waals surface area contributed by atoms with Crippen molar-refractivity contribution in [1.82, 2.24) is 10.6 Å². The molecule has 2 rings (SSSR count). The van der Waals surface area contributed by atoms with E-state index in [-0.39, 0.29) is 41.0 Å². The molecule has 2 aromatic carbocycles. The molecule has 29 heavy (non-hydrogen) atoms. The Bertz CT molecular complexity index is 962. The van der Waals surface area contributed by atoms with Gasteiger partial charge in [0.1, 0.15) is 5.75 Å². The molecule has 0 unspecified atom stereocenters. The Kier molecular flexibility index (Phi) is 7.44. The number of aromatic hydroxyl groups is 1. The van der Waals surface area contributed by atoms with Crippen LogP contribution in [0.1, 0.15) is 20.7 Å². The van der Waals surface area contributed by atoms with Crippen LogP contribution in [0, 0.1) is 0 Å². The van der Waals surface area contributed by atoms with E-state index in [4.69, 9.17) is 23.1 Å². The van der Waals surface area contributed by atoms with Gasteiger partial charge in [0, 0.05) is 30.4 Å². The number of rotatable bonds is 7. The van der Waals surface area contributed by atoms with Gasteiger partial charge in [-0.05, 0) is 24.3 Å². The first-order chi connectivity index (χ1) is 13.8. The van der Waals surface area contributed by atoms with Gasteiger partial charge in [-0.3, -0.25) is 9.59 Å². The number of primary amides is 1. The van der Waals surface area contributed by atoms with Gasteiger partial charge in [-0.2, -0.15) is 0 Å². The van der Waals surface area contributed by atoms with Gasteiger partial charge in [-0.25, -0.2) is 4.79 Å². The Hall–Kier alpha value is -3.72. The van der Waals surface area contributed by atoms with Crippen molar-refractivity contribution < 1.29 is 19.5 Å². The smallest absolute Gasteiger partial charge is 0.316 e. The van der Waals surface area contributed by atoms with Crippen LogP contribution in [-0.2, 0) is 0 Å². The number of hydrogen-bond acceptors (Lipinski definition) is 5. The van der Waals surface area contributed by atoms with Crippen molar-refractivity contribution in [3.63, 3.8) is 0 Å². The second-order valence-electron chi connectivity index (χ2n) is 5.86. The van der Waals surface area contributed by atoms with E-state index in [9.17, 15) is 19.5 Å². The van der Waals surface area contributed by atoms with Crippen LogP contribution in [0.25, 0.3) is 0 Å². The number of phenols is 1. The van der Waals surface area contributed by atoms with Crippen molar-refractivity contribution in [2.45, 2.75) is 0 Å². The summed E-state index contributed by atoms with van der Waals surface area (Å²) in [5.41, 5.74) is 11.6. The second kappa shape index (κ2) is 10.00. The number of benzene rings is 2. The van der Waals surface area contributed by atoms with Crippen molar-refractivity contribution in [3.05, 3.63) is 64.7 Å². The summed E-state index contributed by atoms with van der Waals surface area (Å²) in [6.45, 7) is 0.403. The highest BCUT2D eigenvalue weighted by molar-refractivity contribution is 6.36. The molecule has 0 atom stereocenters. The van der Waals surface area contributed by atoms with Crippen LogP contribution in [0.2, 0.25) is 5.02 Å². The van der Waals surface area contributed by atoms with E-state index in [1.54, 1.807) is 30.4 Å². The number of nitrogens with one attached hydrogen (secondary N) is 3. The summed E-state index contributed by atoms with van der Waals surface area (Å²) in [4.78, 5) is 35.1. The monoisotopic (exact) mass is 417 g/mol. The van der Waals surface area contributed by atoms with Crippen molar-refractivity contribution in [3.8, 4) is 5.75 Å². The summed E-state index contributed by atoms with van der Waals surface area (Å²) in [5.74, 6) is -0.996. The fourth-order valence-corrected chi connectivity index (χ4v) is 2.54. The minimum atomic E-state index is -0.720. The number of nitrogens with two attached hydrogens (primary N) is 2. The maximum Gasteiger partial charge on any atom is 0.316 e. The fourth-order valence-electron chi connectivity index (χ4n) is 2.34. The molecule has 9 nitrogen and oxygen atoms in total. The predicted molar refractivity (Wildman–Crippen MR) is 111 cm³/mol. The SMILES string of the molecule is NC(=O)Nc1cccc(C(=O)NC/C=C/CNC(=O)c2cc(O)cc(N)c2Cl)c1. The van der Waals surface area contributed by atoms with Crippen molar-refractivity contribution >= 4 is 40.8 Å². The molecule has 0 radical (unpaired) electrons. The fraction of sp³-hybridized carbons (Fsp3) is 0.105. The molecular formula is C19H20ClN5O4. The second-order valence-corrected chi connectivity index (χ2v) is 6.24. The highest BCUT2D eigenvalue weighted by Crippen LogP contribution is 2.28. The van der Waals surface area contributed by atoms with Gasteiger partial charge in [0.15, 0.2) is 0 Å². The third-order valence-electron chi connectivity index (χ3n) is 3.65. The normalized spacial score (nSPS) is 10.5. The quantitative estimate of drug-likeness (QED) is 0.299. The first kappa shape index (κ1) is 21.6. The first-order valence-corrected chi connectivity index (χ1v) is 8.81. The summed E-state index contributed by atoms with van der Waals surface area (Å²) in [6.07, 6.45) is 3.30. The molecule has 10 heteroatoms. The summed E-state index contributed by atoms with van der Waals surface area (Å²) in [7, 11) is 0. The molecule has 152 valence electrons. The van der Waals surface area contributed by atoms with Gasteiger partial charge in [0.2, 0.25) is 0 Å².